The van der Waals surface area contributed by atoms with Crippen molar-refractivity contribution in [3.63, 3.8) is 0 Å². The van der Waals surface area contributed by atoms with Gasteiger partial charge in [-0.2, -0.15) is 0 Å². The van der Waals surface area contributed by atoms with Gasteiger partial charge in [-0.1, -0.05) is 30.3 Å². The summed E-state index contributed by atoms with van der Waals surface area (Å²) < 4.78 is 11.2. The Bertz CT molecular complexity index is 764. The van der Waals surface area contributed by atoms with Gasteiger partial charge < -0.3 is 14.5 Å². The summed E-state index contributed by atoms with van der Waals surface area (Å²) in [5.74, 6) is 0.799. The summed E-state index contributed by atoms with van der Waals surface area (Å²) in [5, 5.41) is 4.31. The zero-order chi connectivity index (χ0) is 14.8. The highest BCUT2D eigenvalue weighted by atomic mass is 16.5. The van der Waals surface area contributed by atoms with Crippen molar-refractivity contribution in [2.45, 2.75) is 18.9 Å². The topological polar surface area (TPSA) is 60.2 Å². The third-order valence-electron chi connectivity index (χ3n) is 3.98. The van der Waals surface area contributed by atoms with Crippen LogP contribution in [-0.4, -0.2) is 29.2 Å². The number of benzene rings is 1. The fraction of sp³-hybridized carbons (Fsp3) is 0.294. The van der Waals surface area contributed by atoms with Crippen LogP contribution in [0.2, 0.25) is 0 Å². The van der Waals surface area contributed by atoms with Crippen LogP contribution in [0.5, 0.6) is 0 Å². The molecule has 0 spiro atoms. The van der Waals surface area contributed by atoms with Crippen molar-refractivity contribution in [2.24, 2.45) is 0 Å². The minimum Gasteiger partial charge on any atom is -0.445 e. The van der Waals surface area contributed by atoms with Crippen LogP contribution in [0.4, 0.5) is 5.82 Å². The lowest BCUT2D eigenvalue weighted by molar-refractivity contribution is 0.120. The van der Waals surface area contributed by atoms with E-state index in [0.29, 0.717) is 5.71 Å². The van der Waals surface area contributed by atoms with Crippen LogP contribution in [0.3, 0.4) is 0 Å². The maximum Gasteiger partial charge on any atom is 0.231 e. The van der Waals surface area contributed by atoms with Crippen molar-refractivity contribution in [3.8, 4) is 11.1 Å². The van der Waals surface area contributed by atoms with E-state index in [0.717, 1.165) is 48.3 Å². The van der Waals surface area contributed by atoms with Gasteiger partial charge in [0.05, 0.1) is 11.5 Å². The number of rotatable bonds is 4. The molecule has 112 valence electrons. The number of hydrogen-bond donors (Lipinski definition) is 1. The number of hydrogen-bond acceptors (Lipinski definition) is 5. The zero-order valence-electron chi connectivity index (χ0n) is 12.2. The molecule has 5 nitrogen and oxygen atoms in total. The molecule has 22 heavy (non-hydrogen) atoms. The van der Waals surface area contributed by atoms with Crippen molar-refractivity contribution >= 4 is 16.9 Å². The average Bonchev–Trinajstić information content (AvgIpc) is 3.23. The number of nitrogens with one attached hydrogen (secondary N) is 1. The fourth-order valence-electron chi connectivity index (χ4n) is 2.86. The largest absolute Gasteiger partial charge is 0.445 e. The van der Waals surface area contributed by atoms with E-state index in [1.54, 1.807) is 6.26 Å². The lowest BCUT2D eigenvalue weighted by Gasteiger charge is -2.12. The van der Waals surface area contributed by atoms with Gasteiger partial charge >= 0.3 is 0 Å². The second kappa shape index (κ2) is 5.77. The van der Waals surface area contributed by atoms with E-state index in [1.165, 1.54) is 6.33 Å². The Labute approximate surface area is 128 Å². The molecular formula is C17H17N3O2. The molecule has 0 radical (unpaired) electrons. The Morgan fingerprint density at radius 3 is 2.91 bits per heavy atom. The van der Waals surface area contributed by atoms with Crippen LogP contribution >= 0.6 is 0 Å². The molecule has 2 aromatic heterocycles. The lowest BCUT2D eigenvalue weighted by Crippen LogP contribution is -2.19. The Kier molecular flexibility index (Phi) is 3.48. The normalized spacial score (nSPS) is 17.9. The van der Waals surface area contributed by atoms with Crippen molar-refractivity contribution in [1.29, 1.82) is 0 Å². The Balaban J connectivity index is 1.70. The molecule has 3 aromatic rings. The van der Waals surface area contributed by atoms with Crippen molar-refractivity contribution in [3.05, 3.63) is 42.9 Å². The molecule has 1 aliphatic heterocycles. The molecule has 1 saturated heterocycles. The number of anilines is 1. The molecule has 1 aromatic carbocycles. The molecule has 1 fully saturated rings. The highest BCUT2D eigenvalue weighted by Gasteiger charge is 2.18. The van der Waals surface area contributed by atoms with Gasteiger partial charge in [0.15, 0.2) is 0 Å². The van der Waals surface area contributed by atoms with E-state index in [-0.39, 0.29) is 6.10 Å². The van der Waals surface area contributed by atoms with Gasteiger partial charge in [0.1, 0.15) is 18.4 Å². The standard InChI is InChI=1S/C17H17N3O2/c1-2-5-12(6-3-1)14-10-22-17-15(14)16(19-11-20-17)18-9-13-7-4-8-21-13/h1-3,5-6,10-11,13H,4,7-9H2,(H,18,19,20)/t13-/m0/s1. The highest BCUT2D eigenvalue weighted by molar-refractivity contribution is 5.99. The predicted octanol–water partition coefficient (Wildman–Crippen LogP) is 3.48. The SMILES string of the molecule is c1ccc(-c2coc3ncnc(NC[C@@H]4CCCO4)c23)cc1. The molecule has 0 unspecified atom stereocenters. The molecule has 1 atom stereocenters. The Hall–Kier alpha value is -2.40. The first kappa shape index (κ1) is 13.3. The van der Waals surface area contributed by atoms with E-state index in [4.69, 9.17) is 9.15 Å². The van der Waals surface area contributed by atoms with E-state index in [1.807, 2.05) is 18.2 Å². The van der Waals surface area contributed by atoms with Gasteiger partial charge in [-0.25, -0.2) is 9.97 Å². The van der Waals surface area contributed by atoms with E-state index >= 15 is 0 Å². The number of aromatic nitrogens is 2. The first-order chi connectivity index (χ1) is 10.9. The van der Waals surface area contributed by atoms with Gasteiger partial charge in [-0.3, -0.25) is 0 Å². The van der Waals surface area contributed by atoms with Crippen LogP contribution in [-0.2, 0) is 4.74 Å². The van der Waals surface area contributed by atoms with Crippen LogP contribution < -0.4 is 5.32 Å². The zero-order valence-corrected chi connectivity index (χ0v) is 12.2. The maximum atomic E-state index is 5.65. The fourth-order valence-corrected chi connectivity index (χ4v) is 2.86. The lowest BCUT2D eigenvalue weighted by atomic mass is 10.1. The summed E-state index contributed by atoms with van der Waals surface area (Å²) in [7, 11) is 0. The van der Waals surface area contributed by atoms with Crippen LogP contribution in [0.15, 0.2) is 47.3 Å². The average molecular weight is 295 g/mol. The minimum atomic E-state index is 0.261. The number of furan rings is 1. The number of nitrogens with zero attached hydrogens (tertiary/aromatic N) is 2. The summed E-state index contributed by atoms with van der Waals surface area (Å²) in [4.78, 5) is 8.61. The third-order valence-corrected chi connectivity index (χ3v) is 3.98. The second-order valence-corrected chi connectivity index (χ2v) is 5.43. The smallest absolute Gasteiger partial charge is 0.231 e. The number of ether oxygens (including phenoxy) is 1. The maximum absolute atomic E-state index is 5.65. The minimum absolute atomic E-state index is 0.261. The van der Waals surface area contributed by atoms with E-state index < -0.39 is 0 Å². The monoisotopic (exact) mass is 295 g/mol. The summed E-state index contributed by atoms with van der Waals surface area (Å²) >= 11 is 0. The quantitative estimate of drug-likeness (QED) is 0.798. The Morgan fingerprint density at radius 1 is 1.18 bits per heavy atom. The molecule has 0 aliphatic carbocycles. The second-order valence-electron chi connectivity index (χ2n) is 5.43. The summed E-state index contributed by atoms with van der Waals surface area (Å²) in [6.45, 7) is 1.61. The van der Waals surface area contributed by atoms with E-state index in [9.17, 15) is 0 Å². The van der Waals surface area contributed by atoms with Crippen molar-refractivity contribution < 1.29 is 9.15 Å². The third kappa shape index (κ3) is 2.44. The van der Waals surface area contributed by atoms with Crippen molar-refractivity contribution in [1.82, 2.24) is 9.97 Å². The van der Waals surface area contributed by atoms with Crippen molar-refractivity contribution in [2.75, 3.05) is 18.5 Å². The molecule has 1 N–H and O–H groups in total. The van der Waals surface area contributed by atoms with Crippen LogP contribution in [0.1, 0.15) is 12.8 Å². The molecule has 0 saturated carbocycles. The van der Waals surface area contributed by atoms with Gasteiger partial charge in [0, 0.05) is 18.7 Å². The molecule has 4 rings (SSSR count). The summed E-state index contributed by atoms with van der Waals surface area (Å²) in [5.41, 5.74) is 2.70. The first-order valence-corrected chi connectivity index (χ1v) is 7.55. The molecule has 0 bridgehead atoms. The van der Waals surface area contributed by atoms with Crippen LogP contribution in [0.25, 0.3) is 22.2 Å². The highest BCUT2D eigenvalue weighted by Crippen LogP contribution is 2.33. The van der Waals surface area contributed by atoms with E-state index in [2.05, 4.69) is 27.4 Å². The Morgan fingerprint density at radius 2 is 2.09 bits per heavy atom. The molecular weight excluding hydrogens is 278 g/mol. The molecule has 1 aliphatic rings. The first-order valence-electron chi connectivity index (χ1n) is 7.55. The number of fused-ring (bicyclic) bond motifs is 1. The van der Waals surface area contributed by atoms with Gasteiger partial charge in [-0.15, -0.1) is 0 Å². The summed E-state index contributed by atoms with van der Waals surface area (Å²) in [6.07, 6.45) is 5.76. The molecule has 3 heterocycles. The predicted molar refractivity (Wildman–Crippen MR) is 84.7 cm³/mol. The summed E-state index contributed by atoms with van der Waals surface area (Å²) in [6, 6.07) is 10.1. The van der Waals surface area contributed by atoms with Crippen LogP contribution in [0, 0.1) is 0 Å². The van der Waals surface area contributed by atoms with Gasteiger partial charge in [-0.05, 0) is 18.4 Å². The van der Waals surface area contributed by atoms with Gasteiger partial charge in [0.25, 0.3) is 0 Å². The molecule has 0 amide bonds. The molecule has 5 heteroatoms. The van der Waals surface area contributed by atoms with Gasteiger partial charge in [0.2, 0.25) is 5.71 Å².